The average molecular weight is 309 g/mol. The van der Waals surface area contributed by atoms with Crippen LogP contribution in [-0.4, -0.2) is 14.5 Å². The zero-order chi connectivity index (χ0) is 12.5. The Hall–Kier alpha value is -0.200. The number of halogens is 1. The third-order valence-corrected chi connectivity index (χ3v) is 4.48. The number of aromatic nitrogens is 2. The van der Waals surface area contributed by atoms with Gasteiger partial charge in [-0.2, -0.15) is 5.10 Å². The zero-order valence-electron chi connectivity index (χ0n) is 10.3. The van der Waals surface area contributed by atoms with Crippen molar-refractivity contribution in [2.24, 2.45) is 7.05 Å². The van der Waals surface area contributed by atoms with Gasteiger partial charge in [-0.25, -0.2) is 0 Å². The minimum Gasteiger partial charge on any atom is -0.270 e. The normalized spacial score (nSPS) is 16.1. The fraction of sp³-hybridized carbons (Fsp3) is 0.700. The van der Waals surface area contributed by atoms with Crippen molar-refractivity contribution < 1.29 is 4.21 Å². The molecule has 0 aliphatic heterocycles. The lowest BCUT2D eigenvalue weighted by molar-refractivity contribution is 0.547. The summed E-state index contributed by atoms with van der Waals surface area (Å²) in [6.45, 7) is 7.88. The monoisotopic (exact) mass is 308 g/mol. The molecule has 4 nitrogen and oxygen atoms in total. The van der Waals surface area contributed by atoms with E-state index in [2.05, 4.69) is 25.8 Å². The molecule has 0 bridgehead atoms. The Morgan fingerprint density at radius 3 is 2.50 bits per heavy atom. The van der Waals surface area contributed by atoms with Crippen molar-refractivity contribution in [2.75, 3.05) is 0 Å². The largest absolute Gasteiger partial charge is 0.270 e. The van der Waals surface area contributed by atoms with E-state index >= 15 is 0 Å². The first-order valence-corrected chi connectivity index (χ1v) is 7.20. The van der Waals surface area contributed by atoms with Crippen molar-refractivity contribution in [2.45, 2.75) is 38.5 Å². The number of nitrogens with one attached hydrogen (secondary N) is 1. The summed E-state index contributed by atoms with van der Waals surface area (Å²) >= 11 is 3.32. The molecule has 0 saturated carbocycles. The van der Waals surface area contributed by atoms with Gasteiger partial charge < -0.3 is 0 Å². The van der Waals surface area contributed by atoms with Gasteiger partial charge in [0.15, 0.2) is 0 Å². The number of nitrogens with zero attached hydrogens (tertiary/aromatic N) is 2. The molecule has 0 aromatic carbocycles. The first-order valence-electron chi connectivity index (χ1n) is 5.15. The second kappa shape index (κ2) is 4.98. The van der Waals surface area contributed by atoms with Crippen LogP contribution in [0.1, 0.15) is 39.4 Å². The molecule has 0 fully saturated rings. The Morgan fingerprint density at radius 2 is 2.12 bits per heavy atom. The lowest BCUT2D eigenvalue weighted by Crippen LogP contribution is -2.34. The molecule has 2 atom stereocenters. The van der Waals surface area contributed by atoms with E-state index in [-0.39, 0.29) is 10.8 Å². The molecule has 1 rings (SSSR count). The highest BCUT2D eigenvalue weighted by Crippen LogP contribution is 2.19. The average Bonchev–Trinajstić information content (AvgIpc) is 2.43. The molecular formula is C10H19BrN3OS+. The van der Waals surface area contributed by atoms with Crippen molar-refractivity contribution in [3.8, 4) is 0 Å². The van der Waals surface area contributed by atoms with Crippen LogP contribution in [-0.2, 0) is 22.2 Å². The van der Waals surface area contributed by atoms with Crippen LogP contribution in [0.2, 0.25) is 0 Å². The van der Waals surface area contributed by atoms with E-state index in [0.717, 1.165) is 10.3 Å². The molecule has 1 aromatic heterocycles. The first kappa shape index (κ1) is 13.9. The highest BCUT2D eigenvalue weighted by Gasteiger charge is 2.28. The molecule has 1 heterocycles. The maximum atomic E-state index is 12.0. The van der Waals surface area contributed by atoms with E-state index in [9.17, 15) is 4.21 Å². The van der Waals surface area contributed by atoms with Crippen LogP contribution in [0.15, 0.2) is 10.7 Å². The third-order valence-electron chi connectivity index (χ3n) is 2.25. The lowest BCUT2D eigenvalue weighted by atomic mass is 10.2. The molecule has 0 radical (unpaired) electrons. The molecule has 16 heavy (non-hydrogen) atoms. The van der Waals surface area contributed by atoms with Crippen LogP contribution >= 0.6 is 15.9 Å². The van der Waals surface area contributed by atoms with E-state index in [0.29, 0.717) is 0 Å². The molecule has 0 aliphatic rings. The molecule has 92 valence electrons. The van der Waals surface area contributed by atoms with Gasteiger partial charge in [0.25, 0.3) is 0 Å². The van der Waals surface area contributed by atoms with Gasteiger partial charge >= 0.3 is 0 Å². The third kappa shape index (κ3) is 3.40. The van der Waals surface area contributed by atoms with Crippen LogP contribution < -0.4 is 4.72 Å². The molecule has 6 heteroatoms. The van der Waals surface area contributed by atoms with Gasteiger partial charge in [0.05, 0.1) is 11.7 Å². The summed E-state index contributed by atoms with van der Waals surface area (Å²) in [4.78, 5) is 0. The summed E-state index contributed by atoms with van der Waals surface area (Å²) in [5.74, 6) is 0. The van der Waals surface area contributed by atoms with Crippen molar-refractivity contribution in [3.05, 3.63) is 16.4 Å². The van der Waals surface area contributed by atoms with Crippen LogP contribution in [0.25, 0.3) is 0 Å². The van der Waals surface area contributed by atoms with Gasteiger partial charge in [-0.3, -0.25) is 4.68 Å². The summed E-state index contributed by atoms with van der Waals surface area (Å²) in [5.41, 5.74) is 1.01. The molecule has 0 aliphatic carbocycles. The zero-order valence-corrected chi connectivity index (χ0v) is 12.8. The Balaban J connectivity index is 2.77. The molecule has 1 unspecified atom stereocenters. The summed E-state index contributed by atoms with van der Waals surface area (Å²) in [6, 6.07) is 1.95. The van der Waals surface area contributed by atoms with Crippen LogP contribution in [0.3, 0.4) is 0 Å². The quantitative estimate of drug-likeness (QED) is 0.687. The van der Waals surface area contributed by atoms with Gasteiger partial charge in [0.2, 0.25) is 0 Å². The van der Waals surface area contributed by atoms with E-state index in [1.165, 1.54) is 0 Å². The minimum absolute atomic E-state index is 0.0200. The van der Waals surface area contributed by atoms with Crippen LogP contribution in [0.4, 0.5) is 0 Å². The van der Waals surface area contributed by atoms with Gasteiger partial charge in [0.1, 0.15) is 20.3 Å². The smallest absolute Gasteiger partial charge is 0.147 e. The van der Waals surface area contributed by atoms with Crippen LogP contribution in [0.5, 0.6) is 0 Å². The maximum Gasteiger partial charge on any atom is 0.147 e. The summed E-state index contributed by atoms with van der Waals surface area (Å²) < 4.78 is 17.4. The standard InChI is InChI=1S/C10H18BrN3OS/c1-7(13-16(15)10(2,3)4)8-6-9(11)12-14(8)5/h6-7H,1-5H3,(H,13,15)/p+1/t7-,16?/m1/s1. The number of thiol groups is 1. The summed E-state index contributed by atoms with van der Waals surface area (Å²) in [6.07, 6.45) is 0. The topological polar surface area (TPSA) is 46.9 Å². The molecular weight excluding hydrogens is 290 g/mol. The Kier molecular flexibility index (Phi) is 4.31. The Labute approximate surface area is 108 Å². The number of aryl methyl sites for hydroxylation is 1. The SMILES string of the molecule is C[C@@H](N[SH+](=O)C(C)(C)C)c1cc(Br)nn1C. The van der Waals surface area contributed by atoms with Gasteiger partial charge in [0, 0.05) is 7.05 Å². The number of hydrogen-bond acceptors (Lipinski definition) is 2. The number of hydrogen-bond donors (Lipinski definition) is 1. The highest BCUT2D eigenvalue weighted by atomic mass is 79.9. The maximum absolute atomic E-state index is 12.0. The van der Waals surface area contributed by atoms with E-state index in [1.54, 1.807) is 4.68 Å². The number of rotatable bonds is 3. The minimum atomic E-state index is -1.44. The molecule has 0 amide bonds. The van der Waals surface area contributed by atoms with Crippen molar-refractivity contribution >= 4 is 26.9 Å². The van der Waals surface area contributed by atoms with E-state index in [1.807, 2.05) is 40.8 Å². The van der Waals surface area contributed by atoms with E-state index in [4.69, 9.17) is 0 Å². The van der Waals surface area contributed by atoms with Crippen molar-refractivity contribution in [3.63, 3.8) is 0 Å². The van der Waals surface area contributed by atoms with Crippen LogP contribution in [0, 0.1) is 0 Å². The predicted molar refractivity (Wildman–Crippen MR) is 71.7 cm³/mol. The molecule has 0 spiro atoms. The fourth-order valence-corrected chi connectivity index (χ4v) is 2.63. The second-order valence-electron chi connectivity index (χ2n) is 4.83. The lowest BCUT2D eigenvalue weighted by Gasteiger charge is -2.16. The summed E-state index contributed by atoms with van der Waals surface area (Å²) in [5, 5.41) is 4.20. The Morgan fingerprint density at radius 1 is 1.56 bits per heavy atom. The predicted octanol–water partition coefficient (Wildman–Crippen LogP) is 2.24. The first-order chi connectivity index (χ1) is 7.21. The van der Waals surface area contributed by atoms with Crippen molar-refractivity contribution in [1.82, 2.24) is 14.5 Å². The Bertz CT molecular complexity index is 397. The van der Waals surface area contributed by atoms with Gasteiger partial charge in [-0.1, -0.05) is 4.21 Å². The fourth-order valence-electron chi connectivity index (χ4n) is 1.29. The highest BCUT2D eigenvalue weighted by molar-refractivity contribution is 9.10. The molecule has 1 aromatic rings. The van der Waals surface area contributed by atoms with Crippen molar-refractivity contribution in [1.29, 1.82) is 0 Å². The van der Waals surface area contributed by atoms with Gasteiger partial charge in [-0.15, -0.1) is 4.72 Å². The second-order valence-corrected chi connectivity index (χ2v) is 7.83. The van der Waals surface area contributed by atoms with E-state index < -0.39 is 11.0 Å². The van der Waals surface area contributed by atoms with Gasteiger partial charge in [-0.05, 0) is 49.7 Å². The molecule has 0 saturated heterocycles. The molecule has 1 N–H and O–H groups in total. The summed E-state index contributed by atoms with van der Waals surface area (Å²) in [7, 11) is 0.433.